The smallest absolute Gasteiger partial charge is 0.319 e. The van der Waals surface area contributed by atoms with Gasteiger partial charge in [0, 0.05) is 0 Å². The van der Waals surface area contributed by atoms with Crippen LogP contribution in [0.1, 0.15) is 6.92 Å². The van der Waals surface area contributed by atoms with Crippen LogP contribution >= 0.6 is 26.2 Å². The van der Waals surface area contributed by atoms with Crippen LogP contribution in [-0.4, -0.2) is 12.3 Å². The minimum absolute atomic E-state index is 0. The Morgan fingerprint density at radius 3 is 2.29 bits per heavy atom. The van der Waals surface area contributed by atoms with Crippen LogP contribution in [0.15, 0.2) is 0 Å². The highest BCUT2D eigenvalue weighted by Gasteiger charge is 1.81. The first kappa shape index (κ1) is 10.4. The Kier molecular flexibility index (Phi) is 9.46. The van der Waals surface area contributed by atoms with Crippen molar-refractivity contribution in [2.75, 3.05) is 6.61 Å². The lowest BCUT2D eigenvalue weighted by atomic mass is 10.9. The molecule has 0 amide bonds. The maximum Gasteiger partial charge on any atom is 0.319 e. The van der Waals surface area contributed by atoms with Crippen molar-refractivity contribution in [2.45, 2.75) is 6.92 Å². The summed E-state index contributed by atoms with van der Waals surface area (Å²) in [7, 11) is 1.92. The van der Waals surface area contributed by atoms with Crippen LogP contribution in [0.5, 0.6) is 0 Å². The predicted molar refractivity (Wildman–Crippen MR) is 37.1 cm³/mol. The molecule has 44 valence electrons. The number of hydrogen-bond acceptors (Lipinski definition) is 2. The first-order valence-corrected chi connectivity index (χ1v) is 2.27. The monoisotopic (exact) mass is 186 g/mol. The molecule has 0 aromatic heterocycles. The SMILES string of the molecule is Br.CCOC(=O)P. The zero-order chi connectivity index (χ0) is 4.99. The average Bonchev–Trinajstić information content (AvgIpc) is 1.35. The summed E-state index contributed by atoms with van der Waals surface area (Å²) in [5.41, 5.74) is -0.294. The maximum atomic E-state index is 9.78. The van der Waals surface area contributed by atoms with Gasteiger partial charge in [0.2, 0.25) is 0 Å². The van der Waals surface area contributed by atoms with E-state index in [-0.39, 0.29) is 22.7 Å². The van der Waals surface area contributed by atoms with Crippen molar-refractivity contribution < 1.29 is 9.53 Å². The number of ether oxygens (including phenoxy) is 1. The molecule has 0 heterocycles. The van der Waals surface area contributed by atoms with Crippen LogP contribution in [0.2, 0.25) is 0 Å². The molecule has 0 bridgehead atoms. The summed E-state index contributed by atoms with van der Waals surface area (Å²) in [4.78, 5) is 9.78. The van der Waals surface area contributed by atoms with Gasteiger partial charge in [-0.15, -0.1) is 17.0 Å². The summed E-state index contributed by atoms with van der Waals surface area (Å²) < 4.78 is 4.37. The lowest BCUT2D eigenvalue weighted by Gasteiger charge is -1.89. The number of halogens is 1. The van der Waals surface area contributed by atoms with Gasteiger partial charge in [-0.3, -0.25) is 0 Å². The highest BCUT2D eigenvalue weighted by Crippen LogP contribution is 1.87. The van der Waals surface area contributed by atoms with Crippen LogP contribution in [0, 0.1) is 0 Å². The van der Waals surface area contributed by atoms with Crippen LogP contribution < -0.4 is 0 Å². The van der Waals surface area contributed by atoms with Gasteiger partial charge in [0.05, 0.1) is 6.61 Å². The van der Waals surface area contributed by atoms with Gasteiger partial charge in [-0.25, -0.2) is 4.79 Å². The summed E-state index contributed by atoms with van der Waals surface area (Å²) in [6, 6.07) is 0. The molecule has 0 N–H and O–H groups in total. The second kappa shape index (κ2) is 6.38. The van der Waals surface area contributed by atoms with Crippen molar-refractivity contribution in [1.82, 2.24) is 0 Å². The fraction of sp³-hybridized carbons (Fsp3) is 0.667. The van der Waals surface area contributed by atoms with Gasteiger partial charge in [0.1, 0.15) is 0 Å². The van der Waals surface area contributed by atoms with Gasteiger partial charge < -0.3 is 4.74 Å². The van der Waals surface area contributed by atoms with E-state index in [0.29, 0.717) is 6.61 Å². The first-order valence-electron chi connectivity index (χ1n) is 1.69. The molecule has 0 saturated heterocycles. The van der Waals surface area contributed by atoms with Crippen LogP contribution in [0.4, 0.5) is 4.79 Å². The highest BCUT2D eigenvalue weighted by atomic mass is 79.9. The Balaban J connectivity index is 0. The molecule has 0 aliphatic rings. The van der Waals surface area contributed by atoms with Crippen molar-refractivity contribution in [3.8, 4) is 0 Å². The van der Waals surface area contributed by atoms with Crippen LogP contribution in [-0.2, 0) is 4.74 Å². The summed E-state index contributed by atoms with van der Waals surface area (Å²) in [5.74, 6) is 0. The minimum atomic E-state index is -0.294. The molecule has 0 aromatic rings. The maximum absolute atomic E-state index is 9.78. The fourth-order valence-electron chi connectivity index (χ4n) is 0.142. The van der Waals surface area contributed by atoms with Gasteiger partial charge in [0.25, 0.3) is 0 Å². The quantitative estimate of drug-likeness (QED) is 0.582. The molecule has 4 heteroatoms. The normalized spacial score (nSPS) is 6.57. The third kappa shape index (κ3) is 10.7. The van der Waals surface area contributed by atoms with Crippen molar-refractivity contribution in [1.29, 1.82) is 0 Å². The van der Waals surface area contributed by atoms with Gasteiger partial charge in [-0.2, -0.15) is 0 Å². The predicted octanol–water partition coefficient (Wildman–Crippen LogP) is 1.60. The Morgan fingerprint density at radius 2 is 2.29 bits per heavy atom. The summed E-state index contributed by atoms with van der Waals surface area (Å²) >= 11 is 0. The largest absolute Gasteiger partial charge is 0.463 e. The zero-order valence-electron chi connectivity index (χ0n) is 4.01. The molecule has 0 spiro atoms. The minimum Gasteiger partial charge on any atom is -0.463 e. The van der Waals surface area contributed by atoms with E-state index in [1.807, 2.05) is 9.24 Å². The van der Waals surface area contributed by atoms with E-state index in [4.69, 9.17) is 0 Å². The van der Waals surface area contributed by atoms with Gasteiger partial charge in [0.15, 0.2) is 0 Å². The molecule has 0 aliphatic carbocycles. The van der Waals surface area contributed by atoms with E-state index in [1.54, 1.807) is 6.92 Å². The Hall–Kier alpha value is 0.380. The van der Waals surface area contributed by atoms with Crippen molar-refractivity contribution >= 4 is 31.9 Å². The lowest BCUT2D eigenvalue weighted by Crippen LogP contribution is -1.88. The zero-order valence-corrected chi connectivity index (χ0v) is 6.88. The third-order valence-corrected chi connectivity index (χ3v) is 0.453. The average molecular weight is 187 g/mol. The molecule has 7 heavy (non-hydrogen) atoms. The molecule has 0 radical (unpaired) electrons. The van der Waals surface area contributed by atoms with Crippen LogP contribution in [0.25, 0.3) is 0 Å². The Morgan fingerprint density at radius 1 is 1.86 bits per heavy atom. The Bertz CT molecular complexity index is 56.9. The molecule has 0 aromatic carbocycles. The van der Waals surface area contributed by atoms with E-state index < -0.39 is 0 Å². The number of carbonyl (C=O) groups is 1. The molecule has 0 rings (SSSR count). The van der Waals surface area contributed by atoms with E-state index in [9.17, 15) is 4.79 Å². The molecule has 2 nitrogen and oxygen atoms in total. The van der Waals surface area contributed by atoms with E-state index in [0.717, 1.165) is 0 Å². The number of carbonyl (C=O) groups excluding carboxylic acids is 1. The second-order valence-electron chi connectivity index (χ2n) is 0.752. The fourth-order valence-corrected chi connectivity index (χ4v) is 0.309. The number of hydrogen-bond donors (Lipinski definition) is 0. The standard InChI is InChI=1S/C3H7O2P.BrH/c1-2-5-3(4)6;/h2,6H2,1H3;1H. The van der Waals surface area contributed by atoms with Gasteiger partial charge in [-0.1, -0.05) is 0 Å². The first-order chi connectivity index (χ1) is 2.77. The Labute approximate surface area is 55.6 Å². The van der Waals surface area contributed by atoms with Crippen molar-refractivity contribution in [3.63, 3.8) is 0 Å². The topological polar surface area (TPSA) is 26.3 Å². The third-order valence-electron chi connectivity index (χ3n) is 0.287. The molecular formula is C3H8BrO2P. The molecule has 1 unspecified atom stereocenters. The second-order valence-corrected chi connectivity index (χ2v) is 1.22. The van der Waals surface area contributed by atoms with Gasteiger partial charge >= 0.3 is 5.71 Å². The van der Waals surface area contributed by atoms with E-state index >= 15 is 0 Å². The molecule has 0 aliphatic heterocycles. The van der Waals surface area contributed by atoms with E-state index in [2.05, 4.69) is 4.74 Å². The van der Waals surface area contributed by atoms with E-state index in [1.165, 1.54) is 0 Å². The van der Waals surface area contributed by atoms with Crippen molar-refractivity contribution in [3.05, 3.63) is 0 Å². The lowest BCUT2D eigenvalue weighted by molar-refractivity contribution is 0.181. The molecule has 0 fully saturated rings. The highest BCUT2D eigenvalue weighted by molar-refractivity contribution is 8.93. The summed E-state index contributed by atoms with van der Waals surface area (Å²) in [6.07, 6.45) is 0. The van der Waals surface area contributed by atoms with Crippen LogP contribution in [0.3, 0.4) is 0 Å². The molecule has 0 saturated carbocycles. The summed E-state index contributed by atoms with van der Waals surface area (Å²) in [6.45, 7) is 2.23. The number of rotatable bonds is 1. The van der Waals surface area contributed by atoms with Gasteiger partial charge in [-0.05, 0) is 16.2 Å². The molecular weight excluding hydrogens is 179 g/mol. The summed E-state index contributed by atoms with van der Waals surface area (Å²) in [5, 5.41) is 0. The molecule has 1 atom stereocenters. The van der Waals surface area contributed by atoms with Crippen molar-refractivity contribution in [2.24, 2.45) is 0 Å².